The second-order valence-electron chi connectivity index (χ2n) is 4.93. The standard InChI is InChI=1S/C13H23N3O/c1-5-14-9-11-7-6-8-15-12(11)16(4)10-13(2,3)17/h6-8,14,17H,5,9-10H2,1-4H3. The molecule has 2 N–H and O–H groups in total. The molecule has 0 saturated heterocycles. The Balaban J connectivity index is 2.81. The van der Waals surface area contributed by atoms with Crippen LogP contribution in [0.5, 0.6) is 0 Å². The van der Waals surface area contributed by atoms with Gasteiger partial charge in [-0.25, -0.2) is 4.98 Å². The lowest BCUT2D eigenvalue weighted by molar-refractivity contribution is 0.0884. The molecule has 17 heavy (non-hydrogen) atoms. The number of aliphatic hydroxyl groups is 1. The molecule has 0 fully saturated rings. The first-order valence-corrected chi connectivity index (χ1v) is 6.02. The zero-order valence-corrected chi connectivity index (χ0v) is 11.2. The van der Waals surface area contributed by atoms with Crippen LogP contribution in [0.4, 0.5) is 5.82 Å². The van der Waals surface area contributed by atoms with Crippen molar-refractivity contribution < 1.29 is 5.11 Å². The van der Waals surface area contributed by atoms with Gasteiger partial charge in [-0.2, -0.15) is 0 Å². The first-order chi connectivity index (χ1) is 7.94. The molecular formula is C13H23N3O. The van der Waals surface area contributed by atoms with E-state index in [2.05, 4.69) is 23.3 Å². The number of anilines is 1. The smallest absolute Gasteiger partial charge is 0.132 e. The summed E-state index contributed by atoms with van der Waals surface area (Å²) in [6, 6.07) is 4.00. The molecule has 0 spiro atoms. The van der Waals surface area contributed by atoms with E-state index in [0.717, 1.165) is 24.5 Å². The highest BCUT2D eigenvalue weighted by Crippen LogP contribution is 2.17. The first kappa shape index (κ1) is 13.9. The van der Waals surface area contributed by atoms with Gasteiger partial charge in [0.15, 0.2) is 0 Å². The molecule has 4 nitrogen and oxygen atoms in total. The van der Waals surface area contributed by atoms with Crippen molar-refractivity contribution >= 4 is 5.82 Å². The van der Waals surface area contributed by atoms with E-state index in [1.165, 1.54) is 0 Å². The highest BCUT2D eigenvalue weighted by Gasteiger charge is 2.18. The fourth-order valence-corrected chi connectivity index (χ4v) is 1.83. The lowest BCUT2D eigenvalue weighted by atomic mass is 10.1. The van der Waals surface area contributed by atoms with E-state index in [-0.39, 0.29) is 0 Å². The van der Waals surface area contributed by atoms with Gasteiger partial charge in [0.1, 0.15) is 5.82 Å². The van der Waals surface area contributed by atoms with Crippen molar-refractivity contribution in [2.24, 2.45) is 0 Å². The van der Waals surface area contributed by atoms with Crippen molar-refractivity contribution in [1.82, 2.24) is 10.3 Å². The molecule has 0 bridgehead atoms. The average Bonchev–Trinajstić information content (AvgIpc) is 2.24. The maximum absolute atomic E-state index is 9.83. The Kier molecular flexibility index (Phi) is 4.90. The number of rotatable bonds is 6. The fourth-order valence-electron chi connectivity index (χ4n) is 1.83. The van der Waals surface area contributed by atoms with Crippen LogP contribution in [0.3, 0.4) is 0 Å². The molecule has 0 radical (unpaired) electrons. The minimum atomic E-state index is -0.721. The van der Waals surface area contributed by atoms with Gasteiger partial charge in [-0.15, -0.1) is 0 Å². The van der Waals surface area contributed by atoms with Crippen LogP contribution in [-0.4, -0.2) is 35.8 Å². The van der Waals surface area contributed by atoms with Crippen molar-refractivity contribution in [3.8, 4) is 0 Å². The summed E-state index contributed by atoms with van der Waals surface area (Å²) in [6.07, 6.45) is 1.78. The predicted octanol–water partition coefficient (Wildman–Crippen LogP) is 1.40. The third-order valence-corrected chi connectivity index (χ3v) is 2.42. The molecule has 0 aromatic carbocycles. The van der Waals surface area contributed by atoms with Crippen LogP contribution in [0.15, 0.2) is 18.3 Å². The molecule has 0 aliphatic heterocycles. The Morgan fingerprint density at radius 1 is 1.47 bits per heavy atom. The van der Waals surface area contributed by atoms with Crippen molar-refractivity contribution in [1.29, 1.82) is 0 Å². The van der Waals surface area contributed by atoms with Gasteiger partial charge in [0.2, 0.25) is 0 Å². The molecule has 0 aliphatic rings. The highest BCUT2D eigenvalue weighted by atomic mass is 16.3. The first-order valence-electron chi connectivity index (χ1n) is 6.02. The molecule has 0 aliphatic carbocycles. The van der Waals surface area contributed by atoms with Gasteiger partial charge in [-0.1, -0.05) is 13.0 Å². The molecule has 0 amide bonds. The SMILES string of the molecule is CCNCc1cccnc1N(C)CC(C)(C)O. The van der Waals surface area contributed by atoms with Crippen LogP contribution in [0, 0.1) is 0 Å². The Morgan fingerprint density at radius 2 is 2.18 bits per heavy atom. The van der Waals surface area contributed by atoms with E-state index in [1.807, 2.05) is 18.0 Å². The van der Waals surface area contributed by atoms with E-state index >= 15 is 0 Å². The molecule has 1 heterocycles. The summed E-state index contributed by atoms with van der Waals surface area (Å²) in [6.45, 7) is 7.98. The third-order valence-electron chi connectivity index (χ3n) is 2.42. The van der Waals surface area contributed by atoms with Crippen LogP contribution >= 0.6 is 0 Å². The topological polar surface area (TPSA) is 48.4 Å². The third kappa shape index (κ3) is 4.71. The largest absolute Gasteiger partial charge is 0.389 e. The molecule has 96 valence electrons. The van der Waals surface area contributed by atoms with Crippen molar-refractivity contribution in [2.75, 3.05) is 25.0 Å². The normalized spacial score (nSPS) is 11.6. The minimum absolute atomic E-state index is 0.559. The van der Waals surface area contributed by atoms with Crippen molar-refractivity contribution in [2.45, 2.75) is 32.9 Å². The van der Waals surface area contributed by atoms with E-state index in [9.17, 15) is 5.11 Å². The summed E-state index contributed by atoms with van der Waals surface area (Å²) < 4.78 is 0. The lowest BCUT2D eigenvalue weighted by Gasteiger charge is -2.27. The van der Waals surface area contributed by atoms with Gasteiger partial charge in [-0.3, -0.25) is 0 Å². The molecule has 0 unspecified atom stereocenters. The monoisotopic (exact) mass is 237 g/mol. The summed E-state index contributed by atoms with van der Waals surface area (Å²) >= 11 is 0. The zero-order chi connectivity index (χ0) is 12.9. The van der Waals surface area contributed by atoms with Crippen LogP contribution in [0.1, 0.15) is 26.3 Å². The molecule has 4 heteroatoms. The van der Waals surface area contributed by atoms with Gasteiger partial charge in [0.25, 0.3) is 0 Å². The number of hydrogen-bond acceptors (Lipinski definition) is 4. The highest BCUT2D eigenvalue weighted by molar-refractivity contribution is 5.46. The lowest BCUT2D eigenvalue weighted by Crippen LogP contribution is -2.37. The zero-order valence-electron chi connectivity index (χ0n) is 11.2. The van der Waals surface area contributed by atoms with Crippen LogP contribution < -0.4 is 10.2 Å². The Hall–Kier alpha value is -1.13. The van der Waals surface area contributed by atoms with E-state index in [0.29, 0.717) is 6.54 Å². The number of aromatic nitrogens is 1. The number of hydrogen-bond donors (Lipinski definition) is 2. The predicted molar refractivity (Wildman–Crippen MR) is 71.2 cm³/mol. The van der Waals surface area contributed by atoms with Crippen molar-refractivity contribution in [3.05, 3.63) is 23.9 Å². The number of pyridine rings is 1. The fraction of sp³-hybridized carbons (Fsp3) is 0.615. The minimum Gasteiger partial charge on any atom is -0.389 e. The molecule has 1 aromatic heterocycles. The molecule has 0 atom stereocenters. The molecular weight excluding hydrogens is 214 g/mol. The maximum atomic E-state index is 9.83. The number of nitrogens with zero attached hydrogens (tertiary/aromatic N) is 2. The summed E-state index contributed by atoms with van der Waals surface area (Å²) in [7, 11) is 1.95. The molecule has 0 saturated carbocycles. The Morgan fingerprint density at radius 3 is 2.76 bits per heavy atom. The number of likely N-dealkylation sites (N-methyl/N-ethyl adjacent to an activating group) is 1. The van der Waals surface area contributed by atoms with Crippen molar-refractivity contribution in [3.63, 3.8) is 0 Å². The van der Waals surface area contributed by atoms with E-state index in [1.54, 1.807) is 20.0 Å². The second kappa shape index (κ2) is 5.98. The summed E-state index contributed by atoms with van der Waals surface area (Å²) in [5.41, 5.74) is 0.433. The van der Waals surface area contributed by atoms with Gasteiger partial charge in [0.05, 0.1) is 5.60 Å². The number of nitrogens with one attached hydrogen (secondary N) is 1. The molecule has 1 aromatic rings. The summed E-state index contributed by atoms with van der Waals surface area (Å²) in [5.74, 6) is 0.926. The maximum Gasteiger partial charge on any atom is 0.132 e. The average molecular weight is 237 g/mol. The van der Waals surface area contributed by atoms with Gasteiger partial charge < -0.3 is 15.3 Å². The van der Waals surface area contributed by atoms with Gasteiger partial charge in [-0.05, 0) is 26.5 Å². The van der Waals surface area contributed by atoms with Crippen LogP contribution in [-0.2, 0) is 6.54 Å². The van der Waals surface area contributed by atoms with Crippen LogP contribution in [0.25, 0.3) is 0 Å². The Bertz CT molecular complexity index is 347. The van der Waals surface area contributed by atoms with E-state index < -0.39 is 5.60 Å². The van der Waals surface area contributed by atoms with E-state index in [4.69, 9.17) is 0 Å². The Labute approximate surface area is 104 Å². The quantitative estimate of drug-likeness (QED) is 0.785. The summed E-state index contributed by atoms with van der Waals surface area (Å²) in [5, 5.41) is 13.1. The summed E-state index contributed by atoms with van der Waals surface area (Å²) in [4.78, 5) is 6.38. The van der Waals surface area contributed by atoms with Gasteiger partial charge >= 0.3 is 0 Å². The second-order valence-corrected chi connectivity index (χ2v) is 4.93. The van der Waals surface area contributed by atoms with Crippen LogP contribution in [0.2, 0.25) is 0 Å². The molecule has 1 rings (SSSR count). The van der Waals surface area contributed by atoms with Gasteiger partial charge in [0, 0.05) is 31.9 Å².